The van der Waals surface area contributed by atoms with Gasteiger partial charge in [-0.25, -0.2) is 0 Å². The highest BCUT2D eigenvalue weighted by Gasteiger charge is 2.18. The van der Waals surface area contributed by atoms with Gasteiger partial charge in [-0.15, -0.1) is 16.4 Å². The van der Waals surface area contributed by atoms with Gasteiger partial charge in [0.2, 0.25) is 0 Å². The van der Waals surface area contributed by atoms with Crippen LogP contribution in [0.1, 0.15) is 10.4 Å². The second-order valence-electron chi connectivity index (χ2n) is 3.58. The molecule has 20 heavy (non-hydrogen) atoms. The molecule has 3 aromatic rings. The largest absolute Gasteiger partial charge is 0.459 e. The maximum Gasteiger partial charge on any atom is 0.322 e. The number of halogens is 2. The molecule has 9 heteroatoms. The number of furan rings is 1. The summed E-state index contributed by atoms with van der Waals surface area (Å²) < 4.78 is 11.1. The Bertz CT molecular complexity index is 751. The van der Waals surface area contributed by atoms with Crippen molar-refractivity contribution >= 4 is 46.5 Å². The van der Waals surface area contributed by atoms with Gasteiger partial charge in [-0.3, -0.25) is 10.1 Å². The third-order valence-electron chi connectivity index (χ3n) is 2.28. The Balaban J connectivity index is 1.78. The van der Waals surface area contributed by atoms with Gasteiger partial charge in [0.05, 0.1) is 16.2 Å². The first kappa shape index (κ1) is 13.2. The van der Waals surface area contributed by atoms with Crippen LogP contribution in [0.15, 0.2) is 33.3 Å². The molecule has 1 N–H and O–H groups in total. The number of nitrogens with zero attached hydrogens (tertiary/aromatic N) is 2. The molecule has 0 atom stereocenters. The number of rotatable bonds is 3. The molecule has 0 aromatic carbocycles. The van der Waals surface area contributed by atoms with Crippen LogP contribution in [-0.2, 0) is 0 Å². The zero-order valence-corrected chi connectivity index (χ0v) is 11.9. The monoisotopic (exact) mass is 329 g/mol. The van der Waals surface area contributed by atoms with Gasteiger partial charge in [-0.2, -0.15) is 0 Å². The van der Waals surface area contributed by atoms with Crippen molar-refractivity contribution in [1.29, 1.82) is 0 Å². The van der Waals surface area contributed by atoms with Crippen LogP contribution >= 0.6 is 34.5 Å². The van der Waals surface area contributed by atoms with E-state index in [1.807, 2.05) is 0 Å². The second kappa shape index (κ2) is 5.28. The number of hydrogen-bond acceptors (Lipinski definition) is 6. The maximum atomic E-state index is 11.9. The molecule has 102 valence electrons. The fourth-order valence-corrected chi connectivity index (χ4v) is 2.89. The quantitative estimate of drug-likeness (QED) is 0.786. The summed E-state index contributed by atoms with van der Waals surface area (Å²) in [5.74, 6) is 0.0992. The normalized spacial score (nSPS) is 10.7. The average molecular weight is 330 g/mol. The van der Waals surface area contributed by atoms with Crippen molar-refractivity contribution in [2.45, 2.75) is 0 Å². The van der Waals surface area contributed by atoms with E-state index in [2.05, 4.69) is 15.5 Å². The Morgan fingerprint density at radius 2 is 2.20 bits per heavy atom. The molecular weight excluding hydrogens is 325 g/mol. The molecule has 0 bridgehead atoms. The summed E-state index contributed by atoms with van der Waals surface area (Å²) in [6, 6.07) is 4.76. The van der Waals surface area contributed by atoms with E-state index in [9.17, 15) is 4.79 Å². The van der Waals surface area contributed by atoms with Gasteiger partial charge in [0.15, 0.2) is 5.76 Å². The molecule has 3 rings (SSSR count). The van der Waals surface area contributed by atoms with Crippen LogP contribution in [0.4, 0.5) is 6.01 Å². The second-order valence-corrected chi connectivity index (χ2v) is 5.87. The van der Waals surface area contributed by atoms with Gasteiger partial charge >= 0.3 is 6.01 Å². The fourth-order valence-electron chi connectivity index (χ4n) is 1.43. The number of hydrogen-bond donors (Lipinski definition) is 1. The summed E-state index contributed by atoms with van der Waals surface area (Å²) >= 11 is 12.8. The van der Waals surface area contributed by atoms with Crippen LogP contribution in [0.2, 0.25) is 8.67 Å². The van der Waals surface area contributed by atoms with Crippen molar-refractivity contribution < 1.29 is 13.6 Å². The molecule has 0 aliphatic carbocycles. The Labute approximate surface area is 126 Å². The lowest BCUT2D eigenvalue weighted by molar-refractivity contribution is 0.102. The molecule has 0 radical (unpaired) electrons. The molecule has 3 aromatic heterocycles. The van der Waals surface area contributed by atoms with E-state index in [-0.39, 0.29) is 17.5 Å². The summed E-state index contributed by atoms with van der Waals surface area (Å²) in [7, 11) is 0. The zero-order valence-electron chi connectivity index (χ0n) is 9.59. The molecule has 0 spiro atoms. The van der Waals surface area contributed by atoms with Crippen LogP contribution in [-0.4, -0.2) is 16.1 Å². The highest BCUT2D eigenvalue weighted by Crippen LogP contribution is 2.31. The zero-order chi connectivity index (χ0) is 14.1. The number of nitrogens with one attached hydrogen (secondary N) is 1. The van der Waals surface area contributed by atoms with Crippen LogP contribution in [0.25, 0.3) is 11.7 Å². The van der Waals surface area contributed by atoms with Gasteiger partial charge < -0.3 is 8.83 Å². The van der Waals surface area contributed by atoms with Crippen LogP contribution < -0.4 is 5.32 Å². The van der Waals surface area contributed by atoms with Gasteiger partial charge in [-0.1, -0.05) is 28.3 Å². The summed E-state index contributed by atoms with van der Waals surface area (Å²) in [4.78, 5) is 11.9. The van der Waals surface area contributed by atoms with Crippen molar-refractivity contribution in [3.05, 3.63) is 38.7 Å². The minimum absolute atomic E-state index is 0.0558. The molecule has 6 nitrogen and oxygen atoms in total. The smallest absolute Gasteiger partial charge is 0.322 e. The first-order valence-electron chi connectivity index (χ1n) is 5.27. The third-order valence-corrected chi connectivity index (χ3v) is 3.77. The number of carbonyl (C=O) groups is 1. The summed E-state index contributed by atoms with van der Waals surface area (Å²) in [5.41, 5.74) is 0.249. The predicted octanol–water partition coefficient (Wildman–Crippen LogP) is 3.95. The lowest BCUT2D eigenvalue weighted by Gasteiger charge is -1.97. The molecule has 0 unspecified atom stereocenters. The van der Waals surface area contributed by atoms with E-state index in [1.54, 1.807) is 12.1 Å². The lowest BCUT2D eigenvalue weighted by Crippen LogP contribution is -2.11. The third kappa shape index (κ3) is 2.55. The maximum absolute atomic E-state index is 11.9. The van der Waals surface area contributed by atoms with Crippen molar-refractivity contribution in [3.63, 3.8) is 0 Å². The topological polar surface area (TPSA) is 81.2 Å². The van der Waals surface area contributed by atoms with E-state index in [4.69, 9.17) is 32.0 Å². The molecule has 1 amide bonds. The highest BCUT2D eigenvalue weighted by atomic mass is 35.5. The predicted molar refractivity (Wildman–Crippen MR) is 74.3 cm³/mol. The number of amides is 1. The van der Waals surface area contributed by atoms with Gasteiger partial charge in [0, 0.05) is 0 Å². The summed E-state index contributed by atoms with van der Waals surface area (Å²) in [5, 5.41) is 9.88. The average Bonchev–Trinajstić information content (AvgIpc) is 3.09. The van der Waals surface area contributed by atoms with Gasteiger partial charge in [-0.05, 0) is 18.2 Å². The van der Waals surface area contributed by atoms with Crippen molar-refractivity contribution in [2.24, 2.45) is 0 Å². The van der Waals surface area contributed by atoms with Crippen molar-refractivity contribution in [1.82, 2.24) is 10.2 Å². The van der Waals surface area contributed by atoms with Gasteiger partial charge in [0.25, 0.3) is 11.8 Å². The molecule has 0 saturated heterocycles. The number of carbonyl (C=O) groups excluding carboxylic acids is 1. The molecule has 0 fully saturated rings. The van der Waals surface area contributed by atoms with Gasteiger partial charge in [0.1, 0.15) is 4.34 Å². The van der Waals surface area contributed by atoms with Crippen molar-refractivity contribution in [3.8, 4) is 11.7 Å². The van der Waals surface area contributed by atoms with Crippen LogP contribution in [0, 0.1) is 0 Å². The summed E-state index contributed by atoms with van der Waals surface area (Å²) in [6.45, 7) is 0. The first-order chi connectivity index (χ1) is 9.63. The number of aromatic nitrogens is 2. The minimum atomic E-state index is -0.479. The Hall–Kier alpha value is -1.83. The molecule has 0 saturated carbocycles. The Morgan fingerprint density at radius 1 is 1.35 bits per heavy atom. The molecule has 0 aliphatic rings. The lowest BCUT2D eigenvalue weighted by atomic mass is 10.3. The SMILES string of the molecule is O=C(Nc1nnc(-c2ccco2)o1)c1cc(Cl)sc1Cl. The summed E-state index contributed by atoms with van der Waals surface area (Å²) in [6.07, 6.45) is 1.48. The standard InChI is InChI=1S/C11H5Cl2N3O3S/c12-7-4-5(8(13)20-7)9(17)14-11-16-15-10(19-11)6-2-1-3-18-6/h1-4H,(H,14,16,17). The highest BCUT2D eigenvalue weighted by molar-refractivity contribution is 7.20. The van der Waals surface area contributed by atoms with Crippen molar-refractivity contribution in [2.75, 3.05) is 5.32 Å². The van der Waals surface area contributed by atoms with E-state index in [0.717, 1.165) is 11.3 Å². The minimum Gasteiger partial charge on any atom is -0.459 e. The molecular formula is C11H5Cl2N3O3S. The Morgan fingerprint density at radius 3 is 2.85 bits per heavy atom. The van der Waals surface area contributed by atoms with Crippen LogP contribution in [0.3, 0.4) is 0 Å². The van der Waals surface area contributed by atoms with E-state index < -0.39 is 5.91 Å². The van der Waals surface area contributed by atoms with E-state index in [0.29, 0.717) is 14.4 Å². The number of thiophene rings is 1. The first-order valence-corrected chi connectivity index (χ1v) is 6.84. The number of anilines is 1. The molecule has 0 aliphatic heterocycles. The van der Waals surface area contributed by atoms with Crippen LogP contribution in [0.5, 0.6) is 0 Å². The fraction of sp³-hybridized carbons (Fsp3) is 0. The van der Waals surface area contributed by atoms with E-state index >= 15 is 0 Å². The molecule has 3 heterocycles. The van der Waals surface area contributed by atoms with E-state index in [1.165, 1.54) is 12.3 Å². The Kier molecular flexibility index (Phi) is 3.47.